The Hall–Kier alpha value is -1.22. The maximum absolute atomic E-state index is 12.0. The third-order valence-corrected chi connectivity index (χ3v) is 4.43. The number of rotatable bonds is 8. The average Bonchev–Trinajstić information content (AvgIpc) is 2.38. The van der Waals surface area contributed by atoms with Crippen LogP contribution >= 0.6 is 11.6 Å². The van der Waals surface area contributed by atoms with Crippen molar-refractivity contribution in [3.05, 3.63) is 33.3 Å². The number of nitro benzene ring substituents is 1. The first-order chi connectivity index (χ1) is 9.38. The molecule has 0 aliphatic heterocycles. The van der Waals surface area contributed by atoms with E-state index in [-0.39, 0.29) is 22.2 Å². The number of nitrogens with one attached hydrogen (secondary N) is 2. The molecule has 112 valence electrons. The van der Waals surface area contributed by atoms with Gasteiger partial charge in [0.2, 0.25) is 10.0 Å². The van der Waals surface area contributed by atoms with Crippen molar-refractivity contribution in [3.63, 3.8) is 0 Å². The van der Waals surface area contributed by atoms with E-state index in [2.05, 4.69) is 10.0 Å². The molecule has 1 aromatic carbocycles. The summed E-state index contributed by atoms with van der Waals surface area (Å²) in [6, 6.07) is 3.31. The molecule has 0 fully saturated rings. The van der Waals surface area contributed by atoms with Crippen LogP contribution in [0.4, 0.5) is 5.69 Å². The van der Waals surface area contributed by atoms with Gasteiger partial charge in [-0.1, -0.05) is 18.5 Å². The molecule has 0 bridgehead atoms. The SMILES string of the molecule is CCNCCCNS(=O)(=O)c1cc([N+](=O)[O-])ccc1Cl. The number of hydrogen-bond donors (Lipinski definition) is 2. The van der Waals surface area contributed by atoms with Crippen molar-refractivity contribution in [2.75, 3.05) is 19.6 Å². The second-order valence-electron chi connectivity index (χ2n) is 3.98. The van der Waals surface area contributed by atoms with Gasteiger partial charge in [0, 0.05) is 18.7 Å². The third kappa shape index (κ3) is 4.71. The summed E-state index contributed by atoms with van der Waals surface area (Å²) in [5, 5.41) is 13.7. The van der Waals surface area contributed by atoms with Crippen LogP contribution in [0.2, 0.25) is 5.02 Å². The Bertz CT molecular complexity index is 577. The number of nitro groups is 1. The molecule has 20 heavy (non-hydrogen) atoms. The van der Waals surface area contributed by atoms with Crippen LogP contribution in [-0.4, -0.2) is 33.0 Å². The third-order valence-electron chi connectivity index (χ3n) is 2.49. The number of halogens is 1. The van der Waals surface area contributed by atoms with E-state index in [0.717, 1.165) is 18.7 Å². The molecule has 0 atom stereocenters. The summed E-state index contributed by atoms with van der Waals surface area (Å²) in [7, 11) is -3.85. The Labute approximate surface area is 122 Å². The van der Waals surface area contributed by atoms with Crippen molar-refractivity contribution in [2.45, 2.75) is 18.2 Å². The number of hydrogen-bond acceptors (Lipinski definition) is 5. The number of nitrogens with zero attached hydrogens (tertiary/aromatic N) is 1. The van der Waals surface area contributed by atoms with Gasteiger partial charge in [-0.15, -0.1) is 0 Å². The first-order valence-corrected chi connectivity index (χ1v) is 7.89. The summed E-state index contributed by atoms with van der Waals surface area (Å²) in [5.74, 6) is 0. The van der Waals surface area contributed by atoms with Gasteiger partial charge in [0.15, 0.2) is 0 Å². The van der Waals surface area contributed by atoms with Crippen molar-refractivity contribution in [1.82, 2.24) is 10.0 Å². The van der Waals surface area contributed by atoms with Gasteiger partial charge >= 0.3 is 0 Å². The number of sulfonamides is 1. The van der Waals surface area contributed by atoms with E-state index >= 15 is 0 Å². The van der Waals surface area contributed by atoms with E-state index in [4.69, 9.17) is 11.6 Å². The van der Waals surface area contributed by atoms with Crippen molar-refractivity contribution >= 4 is 27.3 Å². The lowest BCUT2D eigenvalue weighted by molar-refractivity contribution is -0.385. The summed E-state index contributed by atoms with van der Waals surface area (Å²) in [5.41, 5.74) is -0.317. The van der Waals surface area contributed by atoms with Gasteiger partial charge in [-0.3, -0.25) is 10.1 Å². The molecular weight excluding hydrogens is 306 g/mol. The number of benzene rings is 1. The van der Waals surface area contributed by atoms with Crippen LogP contribution in [0.25, 0.3) is 0 Å². The molecule has 0 aliphatic carbocycles. The van der Waals surface area contributed by atoms with E-state index < -0.39 is 14.9 Å². The van der Waals surface area contributed by atoms with Gasteiger partial charge in [-0.25, -0.2) is 13.1 Å². The second kappa shape index (κ2) is 7.53. The summed E-state index contributed by atoms with van der Waals surface area (Å²) in [6.07, 6.45) is 0.611. The zero-order valence-electron chi connectivity index (χ0n) is 10.9. The maximum Gasteiger partial charge on any atom is 0.270 e. The van der Waals surface area contributed by atoms with Crippen molar-refractivity contribution in [1.29, 1.82) is 0 Å². The molecule has 1 aromatic rings. The van der Waals surface area contributed by atoms with Crippen LogP contribution in [-0.2, 0) is 10.0 Å². The zero-order chi connectivity index (χ0) is 15.2. The minimum atomic E-state index is -3.85. The quantitative estimate of drug-likeness (QED) is 0.429. The predicted octanol–water partition coefficient (Wildman–Crippen LogP) is 1.53. The molecule has 0 saturated heterocycles. The van der Waals surface area contributed by atoms with Gasteiger partial charge in [0.25, 0.3) is 5.69 Å². The molecular formula is C11H16ClN3O4S. The summed E-state index contributed by atoms with van der Waals surface area (Å²) in [4.78, 5) is 9.72. The Morgan fingerprint density at radius 2 is 2.05 bits per heavy atom. The molecule has 2 N–H and O–H groups in total. The first-order valence-electron chi connectivity index (χ1n) is 6.03. The summed E-state index contributed by atoms with van der Waals surface area (Å²) in [6.45, 7) is 3.67. The molecule has 0 radical (unpaired) electrons. The molecule has 0 spiro atoms. The van der Waals surface area contributed by atoms with Crippen molar-refractivity contribution in [3.8, 4) is 0 Å². The Morgan fingerprint density at radius 1 is 1.35 bits per heavy atom. The van der Waals surface area contributed by atoms with Crippen LogP contribution in [0.15, 0.2) is 23.1 Å². The highest BCUT2D eigenvalue weighted by Gasteiger charge is 2.20. The van der Waals surface area contributed by atoms with Crippen LogP contribution < -0.4 is 10.0 Å². The van der Waals surface area contributed by atoms with E-state index in [1.165, 1.54) is 6.07 Å². The van der Waals surface area contributed by atoms with Crippen molar-refractivity contribution in [2.24, 2.45) is 0 Å². The van der Waals surface area contributed by atoms with Gasteiger partial charge in [-0.2, -0.15) is 0 Å². The molecule has 0 aromatic heterocycles. The predicted molar refractivity (Wildman–Crippen MR) is 76.5 cm³/mol. The van der Waals surface area contributed by atoms with E-state index in [1.807, 2.05) is 6.92 Å². The van der Waals surface area contributed by atoms with E-state index in [0.29, 0.717) is 13.0 Å². The normalized spacial score (nSPS) is 11.5. The lowest BCUT2D eigenvalue weighted by Gasteiger charge is -2.08. The Kier molecular flexibility index (Phi) is 6.34. The fraction of sp³-hybridized carbons (Fsp3) is 0.455. The van der Waals surface area contributed by atoms with Gasteiger partial charge < -0.3 is 5.32 Å². The van der Waals surface area contributed by atoms with Crippen LogP contribution in [0, 0.1) is 10.1 Å². The lowest BCUT2D eigenvalue weighted by atomic mass is 10.3. The standard InChI is InChI=1S/C11H16ClN3O4S/c1-2-13-6-3-7-14-20(18,19)11-8-9(15(16)17)4-5-10(11)12/h4-5,8,13-14H,2-3,6-7H2,1H3. The number of non-ortho nitro benzene ring substituents is 1. The van der Waals surface area contributed by atoms with Crippen LogP contribution in [0.5, 0.6) is 0 Å². The average molecular weight is 322 g/mol. The second-order valence-corrected chi connectivity index (χ2v) is 6.12. The highest BCUT2D eigenvalue weighted by atomic mass is 35.5. The maximum atomic E-state index is 12.0. The van der Waals surface area contributed by atoms with E-state index in [1.54, 1.807) is 0 Å². The van der Waals surface area contributed by atoms with E-state index in [9.17, 15) is 18.5 Å². The molecule has 7 nitrogen and oxygen atoms in total. The fourth-order valence-corrected chi connectivity index (χ4v) is 3.08. The molecule has 0 unspecified atom stereocenters. The highest BCUT2D eigenvalue weighted by molar-refractivity contribution is 7.89. The van der Waals surface area contributed by atoms with Crippen molar-refractivity contribution < 1.29 is 13.3 Å². The minimum absolute atomic E-state index is 0.0465. The highest BCUT2D eigenvalue weighted by Crippen LogP contribution is 2.25. The Balaban J connectivity index is 2.81. The molecule has 1 rings (SSSR count). The molecule has 9 heteroatoms. The first kappa shape index (κ1) is 16.8. The summed E-state index contributed by atoms with van der Waals surface area (Å²) < 4.78 is 26.4. The summed E-state index contributed by atoms with van der Waals surface area (Å²) >= 11 is 5.79. The lowest BCUT2D eigenvalue weighted by Crippen LogP contribution is -2.27. The Morgan fingerprint density at radius 3 is 2.65 bits per heavy atom. The van der Waals surface area contributed by atoms with Crippen LogP contribution in [0.1, 0.15) is 13.3 Å². The topological polar surface area (TPSA) is 101 Å². The van der Waals surface area contributed by atoms with Gasteiger partial charge in [0.1, 0.15) is 4.90 Å². The molecule has 0 amide bonds. The smallest absolute Gasteiger partial charge is 0.270 e. The van der Waals surface area contributed by atoms with Gasteiger partial charge in [-0.05, 0) is 25.6 Å². The monoisotopic (exact) mass is 321 g/mol. The largest absolute Gasteiger partial charge is 0.317 e. The molecule has 0 aliphatic rings. The van der Waals surface area contributed by atoms with Gasteiger partial charge in [0.05, 0.1) is 9.95 Å². The molecule has 0 saturated carbocycles. The molecule has 0 heterocycles. The minimum Gasteiger partial charge on any atom is -0.317 e. The zero-order valence-corrected chi connectivity index (χ0v) is 12.5. The van der Waals surface area contributed by atoms with Crippen LogP contribution in [0.3, 0.4) is 0 Å². The fourth-order valence-electron chi connectivity index (χ4n) is 1.49.